The summed E-state index contributed by atoms with van der Waals surface area (Å²) in [5.41, 5.74) is 1.79. The Bertz CT molecular complexity index is 858. The average molecular weight is 411 g/mol. The molecule has 0 aromatic heterocycles. The number of fused-ring (bicyclic) bond motifs is 1. The van der Waals surface area contributed by atoms with E-state index in [0.717, 1.165) is 37.0 Å². The van der Waals surface area contributed by atoms with E-state index in [4.69, 9.17) is 4.74 Å². The van der Waals surface area contributed by atoms with Crippen LogP contribution in [0.15, 0.2) is 35.4 Å². The molecule has 3 aliphatic rings. The maximum atomic E-state index is 12.4. The van der Waals surface area contributed by atoms with Gasteiger partial charge in [0.1, 0.15) is 0 Å². The summed E-state index contributed by atoms with van der Waals surface area (Å²) < 4.78 is 5.06. The van der Waals surface area contributed by atoms with Crippen LogP contribution >= 0.6 is 0 Å². The van der Waals surface area contributed by atoms with Gasteiger partial charge in [-0.1, -0.05) is 43.2 Å². The smallest absolute Gasteiger partial charge is 0.308 e. The number of nitrogens with zero attached hydrogens (tertiary/aromatic N) is 3. The quantitative estimate of drug-likeness (QED) is 0.525. The zero-order valence-electron chi connectivity index (χ0n) is 16.8. The number of ether oxygens (including phenoxy) is 1. The standard InChI is InChI=1S/C22H25N3O5/c26-19(25-13-10-18(23-25)15-6-2-1-3-7-15)14-30-20(27)11-12-24-21(28)16-8-4-5-9-17(16)22(24)29/h1-3,6-7,16-17H,4-5,8-14H2/t16-,17-/m0/s1. The summed E-state index contributed by atoms with van der Waals surface area (Å²) in [6.45, 7) is 0.0510. The molecule has 0 N–H and O–H groups in total. The molecule has 1 aliphatic carbocycles. The first-order chi connectivity index (χ1) is 14.5. The third-order valence-electron chi connectivity index (χ3n) is 6.03. The summed E-state index contributed by atoms with van der Waals surface area (Å²) in [4.78, 5) is 50.4. The van der Waals surface area contributed by atoms with E-state index < -0.39 is 18.5 Å². The second-order valence-corrected chi connectivity index (χ2v) is 7.92. The number of carbonyl (C=O) groups is 4. The van der Waals surface area contributed by atoms with E-state index in [1.54, 1.807) is 0 Å². The molecule has 1 aromatic rings. The molecule has 1 saturated carbocycles. The van der Waals surface area contributed by atoms with Gasteiger partial charge in [-0.05, 0) is 18.4 Å². The zero-order chi connectivity index (χ0) is 21.1. The molecule has 2 heterocycles. The van der Waals surface area contributed by atoms with Crippen molar-refractivity contribution in [3.8, 4) is 0 Å². The highest BCUT2D eigenvalue weighted by Crippen LogP contribution is 2.37. The lowest BCUT2D eigenvalue weighted by Gasteiger charge is -2.19. The molecule has 1 aromatic carbocycles. The number of amides is 3. The Balaban J connectivity index is 1.23. The molecule has 8 nitrogen and oxygen atoms in total. The summed E-state index contributed by atoms with van der Waals surface area (Å²) in [5.74, 6) is -1.80. The van der Waals surface area contributed by atoms with E-state index in [1.165, 1.54) is 9.91 Å². The predicted octanol–water partition coefficient (Wildman–Crippen LogP) is 1.73. The Morgan fingerprint density at radius 3 is 2.37 bits per heavy atom. The van der Waals surface area contributed by atoms with Gasteiger partial charge in [-0.2, -0.15) is 5.10 Å². The van der Waals surface area contributed by atoms with Crippen LogP contribution in [0, 0.1) is 11.8 Å². The Hall–Kier alpha value is -3.03. The van der Waals surface area contributed by atoms with Crippen LogP contribution in [0.2, 0.25) is 0 Å². The van der Waals surface area contributed by atoms with Gasteiger partial charge in [0.25, 0.3) is 5.91 Å². The second-order valence-electron chi connectivity index (χ2n) is 7.92. The molecule has 2 fully saturated rings. The van der Waals surface area contributed by atoms with Crippen molar-refractivity contribution < 1.29 is 23.9 Å². The van der Waals surface area contributed by atoms with Crippen molar-refractivity contribution in [3.05, 3.63) is 35.9 Å². The minimum absolute atomic E-state index is 0.0116. The van der Waals surface area contributed by atoms with Gasteiger partial charge in [-0.15, -0.1) is 0 Å². The summed E-state index contributed by atoms with van der Waals surface area (Å²) in [5, 5.41) is 5.63. The number of esters is 1. The highest BCUT2D eigenvalue weighted by molar-refractivity contribution is 6.05. The molecule has 0 radical (unpaired) electrons. The number of hydrogen-bond acceptors (Lipinski definition) is 6. The number of hydrazone groups is 1. The number of hydrogen-bond donors (Lipinski definition) is 0. The van der Waals surface area contributed by atoms with Crippen molar-refractivity contribution in [1.29, 1.82) is 0 Å². The molecular weight excluding hydrogens is 386 g/mol. The van der Waals surface area contributed by atoms with Gasteiger partial charge in [0.2, 0.25) is 11.8 Å². The largest absolute Gasteiger partial charge is 0.455 e. The van der Waals surface area contributed by atoms with Gasteiger partial charge in [0.15, 0.2) is 6.61 Å². The first-order valence-corrected chi connectivity index (χ1v) is 10.5. The fourth-order valence-electron chi connectivity index (χ4n) is 4.41. The van der Waals surface area contributed by atoms with Gasteiger partial charge in [-0.25, -0.2) is 5.01 Å². The molecule has 8 heteroatoms. The van der Waals surface area contributed by atoms with Crippen LogP contribution in [0.25, 0.3) is 0 Å². The monoisotopic (exact) mass is 411 g/mol. The van der Waals surface area contributed by atoms with E-state index in [9.17, 15) is 19.2 Å². The third-order valence-corrected chi connectivity index (χ3v) is 6.03. The topological polar surface area (TPSA) is 96.3 Å². The van der Waals surface area contributed by atoms with Crippen molar-refractivity contribution in [1.82, 2.24) is 9.91 Å². The molecule has 30 heavy (non-hydrogen) atoms. The Kier molecular flexibility index (Phi) is 5.92. The second kappa shape index (κ2) is 8.77. The maximum absolute atomic E-state index is 12.4. The van der Waals surface area contributed by atoms with Crippen molar-refractivity contribution in [2.24, 2.45) is 16.9 Å². The number of rotatable bonds is 6. The van der Waals surface area contributed by atoms with Crippen LogP contribution in [0.1, 0.15) is 44.1 Å². The number of carbonyl (C=O) groups excluding carboxylic acids is 4. The predicted molar refractivity (Wildman–Crippen MR) is 107 cm³/mol. The molecule has 158 valence electrons. The maximum Gasteiger partial charge on any atom is 0.308 e. The molecule has 0 spiro atoms. The van der Waals surface area contributed by atoms with Crippen molar-refractivity contribution in [2.45, 2.75) is 38.5 Å². The molecule has 1 saturated heterocycles. The molecule has 0 bridgehead atoms. The van der Waals surface area contributed by atoms with E-state index in [-0.39, 0.29) is 36.6 Å². The Morgan fingerprint density at radius 1 is 1.03 bits per heavy atom. The van der Waals surface area contributed by atoms with Crippen molar-refractivity contribution in [2.75, 3.05) is 19.7 Å². The van der Waals surface area contributed by atoms with Crippen LogP contribution in [-0.2, 0) is 23.9 Å². The third kappa shape index (κ3) is 4.13. The van der Waals surface area contributed by atoms with Crippen LogP contribution in [0.3, 0.4) is 0 Å². The molecule has 3 amide bonds. The lowest BCUT2D eigenvalue weighted by molar-refractivity contribution is -0.152. The lowest BCUT2D eigenvalue weighted by atomic mass is 9.81. The summed E-state index contributed by atoms with van der Waals surface area (Å²) in [6.07, 6.45) is 3.94. The Labute approximate surface area is 174 Å². The van der Waals surface area contributed by atoms with E-state index >= 15 is 0 Å². The van der Waals surface area contributed by atoms with Crippen LogP contribution in [0.5, 0.6) is 0 Å². The summed E-state index contributed by atoms with van der Waals surface area (Å²) in [6, 6.07) is 9.61. The molecule has 4 rings (SSSR count). The van der Waals surface area contributed by atoms with Crippen molar-refractivity contribution in [3.63, 3.8) is 0 Å². The Morgan fingerprint density at radius 2 is 1.70 bits per heavy atom. The van der Waals surface area contributed by atoms with Gasteiger partial charge in [-0.3, -0.25) is 24.1 Å². The minimum atomic E-state index is -0.606. The van der Waals surface area contributed by atoms with E-state index in [2.05, 4.69) is 5.10 Å². The first-order valence-electron chi connectivity index (χ1n) is 10.5. The summed E-state index contributed by atoms with van der Waals surface area (Å²) in [7, 11) is 0. The average Bonchev–Trinajstić information content (AvgIpc) is 3.36. The van der Waals surface area contributed by atoms with Gasteiger partial charge in [0, 0.05) is 13.0 Å². The fraction of sp³-hybridized carbons (Fsp3) is 0.500. The van der Waals surface area contributed by atoms with Gasteiger partial charge >= 0.3 is 5.97 Å². The van der Waals surface area contributed by atoms with Crippen LogP contribution in [-0.4, -0.2) is 59.0 Å². The van der Waals surface area contributed by atoms with E-state index in [1.807, 2.05) is 30.3 Å². The molecular formula is C22H25N3O5. The summed E-state index contributed by atoms with van der Waals surface area (Å²) >= 11 is 0. The fourth-order valence-corrected chi connectivity index (χ4v) is 4.41. The highest BCUT2D eigenvalue weighted by atomic mass is 16.5. The minimum Gasteiger partial charge on any atom is -0.455 e. The highest BCUT2D eigenvalue weighted by Gasteiger charge is 2.47. The van der Waals surface area contributed by atoms with Crippen LogP contribution in [0.4, 0.5) is 0 Å². The number of likely N-dealkylation sites (tertiary alicyclic amines) is 1. The zero-order valence-corrected chi connectivity index (χ0v) is 16.8. The molecule has 2 atom stereocenters. The molecule has 0 unspecified atom stereocenters. The van der Waals surface area contributed by atoms with Gasteiger partial charge in [0.05, 0.1) is 30.5 Å². The SMILES string of the molecule is O=C(CCN1C(=O)[C@H]2CCCC[C@@H]2C1=O)OCC(=O)N1CCC(c2ccccc2)=N1. The first kappa shape index (κ1) is 20.3. The van der Waals surface area contributed by atoms with Crippen LogP contribution < -0.4 is 0 Å². The van der Waals surface area contributed by atoms with E-state index in [0.29, 0.717) is 13.0 Å². The van der Waals surface area contributed by atoms with Gasteiger partial charge < -0.3 is 4.74 Å². The lowest BCUT2D eigenvalue weighted by Crippen LogP contribution is -2.34. The number of benzene rings is 1. The normalized spacial score (nSPS) is 23.4. The molecule has 2 aliphatic heterocycles. The number of imide groups is 1. The van der Waals surface area contributed by atoms with Crippen molar-refractivity contribution >= 4 is 29.4 Å².